The number of amides is 1. The Morgan fingerprint density at radius 1 is 1.32 bits per heavy atom. The number of nitrogens with two attached hydrogens (primary N) is 1. The van der Waals surface area contributed by atoms with E-state index in [9.17, 15) is 4.79 Å². The van der Waals surface area contributed by atoms with Crippen molar-refractivity contribution in [1.82, 2.24) is 0 Å². The van der Waals surface area contributed by atoms with Crippen LogP contribution >= 0.6 is 0 Å². The van der Waals surface area contributed by atoms with Crippen molar-refractivity contribution in [2.45, 2.75) is 52.1 Å². The molecule has 0 aliphatic carbocycles. The van der Waals surface area contributed by atoms with Crippen LogP contribution in [0.2, 0.25) is 0 Å². The van der Waals surface area contributed by atoms with Crippen molar-refractivity contribution in [3.8, 4) is 0 Å². The smallest absolute Gasteiger partial charge is 0.237 e. The largest absolute Gasteiger partial charge is 0.397 e. The average Bonchev–Trinajstić information content (AvgIpc) is 2.59. The zero-order valence-electron chi connectivity index (χ0n) is 14.4. The number of carbonyl (C=O) groups excluding carboxylic acids is 1. The first-order valence-corrected chi connectivity index (χ1v) is 7.73. The SMILES string of the molecule is COC[C@H](C)Nc1cc2c(cc1N)C(C)(C)C(=O)N2C(C)C. The molecule has 2 rings (SSSR count). The zero-order chi connectivity index (χ0) is 16.7. The molecule has 0 spiro atoms. The Morgan fingerprint density at radius 3 is 2.50 bits per heavy atom. The maximum atomic E-state index is 12.7. The van der Waals surface area contributed by atoms with E-state index < -0.39 is 5.41 Å². The molecule has 1 aromatic carbocycles. The fourth-order valence-corrected chi connectivity index (χ4v) is 3.03. The number of hydrogen-bond acceptors (Lipinski definition) is 4. The third kappa shape index (κ3) is 2.65. The van der Waals surface area contributed by atoms with Crippen molar-refractivity contribution < 1.29 is 9.53 Å². The van der Waals surface area contributed by atoms with Gasteiger partial charge in [0.25, 0.3) is 0 Å². The summed E-state index contributed by atoms with van der Waals surface area (Å²) < 4.78 is 5.15. The Kier molecular flexibility index (Phi) is 4.38. The predicted octanol–water partition coefficient (Wildman–Crippen LogP) is 2.75. The van der Waals surface area contributed by atoms with Gasteiger partial charge in [-0.25, -0.2) is 0 Å². The molecular formula is C17H27N3O2. The summed E-state index contributed by atoms with van der Waals surface area (Å²) in [4.78, 5) is 14.6. The van der Waals surface area contributed by atoms with Gasteiger partial charge in [-0.3, -0.25) is 4.79 Å². The number of nitrogens with zero attached hydrogens (tertiary/aromatic N) is 1. The van der Waals surface area contributed by atoms with Gasteiger partial charge in [-0.05, 0) is 52.3 Å². The van der Waals surface area contributed by atoms with Crippen LogP contribution < -0.4 is 16.0 Å². The second-order valence-corrected chi connectivity index (χ2v) is 6.85. The number of anilines is 3. The van der Waals surface area contributed by atoms with Crippen LogP contribution in [-0.4, -0.2) is 31.7 Å². The second kappa shape index (κ2) is 5.80. The van der Waals surface area contributed by atoms with E-state index in [2.05, 4.69) is 5.32 Å². The van der Waals surface area contributed by atoms with Gasteiger partial charge in [-0.2, -0.15) is 0 Å². The third-order valence-corrected chi connectivity index (χ3v) is 4.19. The highest BCUT2D eigenvalue weighted by atomic mass is 16.5. The number of methoxy groups -OCH3 is 1. The number of rotatable bonds is 5. The molecule has 0 unspecified atom stereocenters. The molecule has 0 radical (unpaired) electrons. The summed E-state index contributed by atoms with van der Waals surface area (Å²) in [7, 11) is 1.67. The summed E-state index contributed by atoms with van der Waals surface area (Å²) in [5.74, 6) is 0.124. The van der Waals surface area contributed by atoms with Gasteiger partial charge in [0.1, 0.15) is 0 Å². The minimum atomic E-state index is -0.537. The summed E-state index contributed by atoms with van der Waals surface area (Å²) in [6.07, 6.45) is 0. The highest BCUT2D eigenvalue weighted by Gasteiger charge is 2.45. The molecule has 1 aromatic rings. The molecule has 1 atom stereocenters. The lowest BCUT2D eigenvalue weighted by Crippen LogP contribution is -2.40. The van der Waals surface area contributed by atoms with Crippen LogP contribution in [0.25, 0.3) is 0 Å². The number of fused-ring (bicyclic) bond motifs is 1. The molecule has 122 valence electrons. The minimum absolute atomic E-state index is 0.112. The van der Waals surface area contributed by atoms with Gasteiger partial charge in [0, 0.05) is 19.2 Å². The number of nitrogen functional groups attached to an aromatic ring is 1. The predicted molar refractivity (Wildman–Crippen MR) is 91.5 cm³/mol. The van der Waals surface area contributed by atoms with Gasteiger partial charge in [0.15, 0.2) is 0 Å². The molecule has 0 fully saturated rings. The van der Waals surface area contributed by atoms with Gasteiger partial charge in [-0.1, -0.05) is 0 Å². The van der Waals surface area contributed by atoms with Crippen molar-refractivity contribution in [2.75, 3.05) is 29.7 Å². The Labute approximate surface area is 132 Å². The van der Waals surface area contributed by atoms with E-state index in [1.165, 1.54) is 0 Å². The first kappa shape index (κ1) is 16.6. The van der Waals surface area contributed by atoms with Gasteiger partial charge in [-0.15, -0.1) is 0 Å². The zero-order valence-corrected chi connectivity index (χ0v) is 14.4. The lowest BCUT2D eigenvalue weighted by Gasteiger charge is -2.24. The molecule has 1 amide bonds. The normalized spacial score (nSPS) is 17.8. The highest BCUT2D eigenvalue weighted by molar-refractivity contribution is 6.09. The molecule has 5 heteroatoms. The van der Waals surface area contributed by atoms with Crippen LogP contribution in [0.5, 0.6) is 0 Å². The van der Waals surface area contributed by atoms with E-state index in [4.69, 9.17) is 10.5 Å². The Bertz CT molecular complexity index is 582. The fourth-order valence-electron chi connectivity index (χ4n) is 3.03. The summed E-state index contributed by atoms with van der Waals surface area (Å²) in [6, 6.07) is 4.17. The van der Waals surface area contributed by atoms with Gasteiger partial charge in [0.2, 0.25) is 5.91 Å². The lowest BCUT2D eigenvalue weighted by molar-refractivity contribution is -0.122. The highest BCUT2D eigenvalue weighted by Crippen LogP contribution is 2.45. The molecule has 0 saturated carbocycles. The van der Waals surface area contributed by atoms with Crippen molar-refractivity contribution in [3.05, 3.63) is 17.7 Å². The number of ether oxygens (including phenoxy) is 1. The monoisotopic (exact) mass is 305 g/mol. The molecule has 1 heterocycles. The fraction of sp³-hybridized carbons (Fsp3) is 0.588. The first-order chi connectivity index (χ1) is 10.2. The maximum absolute atomic E-state index is 12.7. The molecule has 1 aliphatic heterocycles. The average molecular weight is 305 g/mol. The Balaban J connectivity index is 2.47. The first-order valence-electron chi connectivity index (χ1n) is 7.73. The maximum Gasteiger partial charge on any atom is 0.237 e. The van der Waals surface area contributed by atoms with Crippen molar-refractivity contribution in [1.29, 1.82) is 0 Å². The van der Waals surface area contributed by atoms with E-state index in [1.54, 1.807) is 7.11 Å². The number of carbonyl (C=O) groups is 1. The van der Waals surface area contributed by atoms with Crippen molar-refractivity contribution in [3.63, 3.8) is 0 Å². The van der Waals surface area contributed by atoms with Crippen LogP contribution in [0.15, 0.2) is 12.1 Å². The molecule has 0 aromatic heterocycles. The van der Waals surface area contributed by atoms with Crippen LogP contribution in [0.4, 0.5) is 17.1 Å². The van der Waals surface area contributed by atoms with Crippen LogP contribution in [0.1, 0.15) is 40.2 Å². The summed E-state index contributed by atoms with van der Waals surface area (Å²) in [5.41, 5.74) is 9.11. The Morgan fingerprint density at radius 2 is 1.95 bits per heavy atom. The van der Waals surface area contributed by atoms with Crippen LogP contribution in [0, 0.1) is 0 Å². The molecule has 22 heavy (non-hydrogen) atoms. The molecular weight excluding hydrogens is 278 g/mol. The second-order valence-electron chi connectivity index (χ2n) is 6.85. The van der Waals surface area contributed by atoms with Crippen LogP contribution in [0.3, 0.4) is 0 Å². The number of benzene rings is 1. The quantitative estimate of drug-likeness (QED) is 0.821. The van der Waals surface area contributed by atoms with Gasteiger partial charge >= 0.3 is 0 Å². The number of nitrogens with one attached hydrogen (secondary N) is 1. The van der Waals surface area contributed by atoms with Gasteiger partial charge < -0.3 is 20.7 Å². The topological polar surface area (TPSA) is 67.6 Å². The molecule has 1 aliphatic rings. The van der Waals surface area contributed by atoms with E-state index in [-0.39, 0.29) is 18.0 Å². The summed E-state index contributed by atoms with van der Waals surface area (Å²) in [5, 5.41) is 3.35. The Hall–Kier alpha value is -1.75. The van der Waals surface area contributed by atoms with Crippen molar-refractivity contribution >= 4 is 23.0 Å². The van der Waals surface area contributed by atoms with E-state index in [0.717, 1.165) is 16.9 Å². The number of hydrogen-bond donors (Lipinski definition) is 2. The lowest BCUT2D eigenvalue weighted by atomic mass is 9.86. The third-order valence-electron chi connectivity index (χ3n) is 4.19. The summed E-state index contributed by atoms with van der Waals surface area (Å²) in [6.45, 7) is 10.6. The van der Waals surface area contributed by atoms with E-state index in [0.29, 0.717) is 12.3 Å². The standard InChI is InChI=1S/C17H27N3O2/c1-10(2)20-15-8-14(19-11(3)9-22-6)13(18)7-12(15)17(4,5)16(20)21/h7-8,10-11,19H,9,18H2,1-6H3/t11-/m0/s1. The molecule has 3 N–H and O–H groups in total. The van der Waals surface area contributed by atoms with Crippen LogP contribution in [-0.2, 0) is 14.9 Å². The molecule has 0 saturated heterocycles. The van der Waals surface area contributed by atoms with E-state index in [1.807, 2.05) is 51.7 Å². The summed E-state index contributed by atoms with van der Waals surface area (Å²) >= 11 is 0. The molecule has 5 nitrogen and oxygen atoms in total. The van der Waals surface area contributed by atoms with E-state index >= 15 is 0 Å². The van der Waals surface area contributed by atoms with Crippen molar-refractivity contribution in [2.24, 2.45) is 0 Å². The van der Waals surface area contributed by atoms with Gasteiger partial charge in [0.05, 0.1) is 29.1 Å². The minimum Gasteiger partial charge on any atom is -0.397 e. The molecule has 0 bridgehead atoms.